The summed E-state index contributed by atoms with van der Waals surface area (Å²) in [5.74, 6) is -0.256. The maximum Gasteiger partial charge on any atom is 0.182 e. The number of hydrogen-bond donors (Lipinski definition) is 0. The molecule has 0 radical (unpaired) electrons. The number of ketones is 1. The van der Waals surface area contributed by atoms with Gasteiger partial charge in [0.05, 0.1) is 6.54 Å². The third-order valence-electron chi connectivity index (χ3n) is 3.54. The van der Waals surface area contributed by atoms with Gasteiger partial charge >= 0.3 is 0 Å². The number of rotatable bonds is 3. The van der Waals surface area contributed by atoms with Crippen LogP contribution in [0.1, 0.15) is 15.9 Å². The van der Waals surface area contributed by atoms with E-state index in [9.17, 15) is 9.18 Å². The average Bonchev–Trinajstić information content (AvgIpc) is 2.82. The summed E-state index contributed by atoms with van der Waals surface area (Å²) >= 11 is 5.81. The highest BCUT2D eigenvalue weighted by molar-refractivity contribution is 6.30. The van der Waals surface area contributed by atoms with E-state index in [0.717, 1.165) is 24.2 Å². The molecule has 1 heterocycles. The van der Waals surface area contributed by atoms with Crippen LogP contribution in [-0.2, 0) is 6.42 Å². The molecule has 3 rings (SSSR count). The Labute approximate surface area is 121 Å². The van der Waals surface area contributed by atoms with Gasteiger partial charge in [-0.05, 0) is 48.4 Å². The lowest BCUT2D eigenvalue weighted by molar-refractivity contribution is 0.0999. The maximum atomic E-state index is 13.3. The molecule has 0 unspecified atom stereocenters. The van der Waals surface area contributed by atoms with Crippen molar-refractivity contribution in [3.8, 4) is 0 Å². The number of carbonyl (C=O) groups excluding carboxylic acids is 1. The Morgan fingerprint density at radius 3 is 2.70 bits per heavy atom. The van der Waals surface area contributed by atoms with Crippen LogP contribution in [0.3, 0.4) is 0 Å². The summed E-state index contributed by atoms with van der Waals surface area (Å²) in [5.41, 5.74) is 2.54. The summed E-state index contributed by atoms with van der Waals surface area (Å²) in [6.45, 7) is 1.01. The number of Topliss-reactive ketones (excluding diaryl/α,β-unsaturated/α-hetero) is 1. The number of benzene rings is 2. The van der Waals surface area contributed by atoms with Gasteiger partial charge in [-0.1, -0.05) is 17.7 Å². The molecule has 0 bridgehead atoms. The van der Waals surface area contributed by atoms with Crippen LogP contribution in [0.25, 0.3) is 0 Å². The molecule has 0 atom stereocenters. The van der Waals surface area contributed by atoms with E-state index in [1.165, 1.54) is 12.1 Å². The first-order valence-corrected chi connectivity index (χ1v) is 6.83. The first-order valence-electron chi connectivity index (χ1n) is 6.45. The molecule has 2 aromatic carbocycles. The highest BCUT2D eigenvalue weighted by Gasteiger charge is 2.22. The minimum atomic E-state index is -0.269. The number of carbonyl (C=O) groups is 1. The lowest BCUT2D eigenvalue weighted by Gasteiger charge is -2.18. The highest BCUT2D eigenvalue weighted by atomic mass is 35.5. The molecule has 4 heteroatoms. The van der Waals surface area contributed by atoms with Crippen molar-refractivity contribution in [3.05, 3.63) is 64.4 Å². The van der Waals surface area contributed by atoms with Crippen LogP contribution in [0, 0.1) is 5.82 Å². The average molecular weight is 290 g/mol. The minimum Gasteiger partial charge on any atom is -0.363 e. The summed E-state index contributed by atoms with van der Waals surface area (Å²) in [6, 6.07) is 11.6. The fourth-order valence-corrected chi connectivity index (χ4v) is 2.61. The van der Waals surface area contributed by atoms with Gasteiger partial charge < -0.3 is 4.90 Å². The quantitative estimate of drug-likeness (QED) is 0.803. The molecular formula is C16H13ClFNO. The molecule has 0 fully saturated rings. The van der Waals surface area contributed by atoms with E-state index in [1.807, 2.05) is 4.90 Å². The van der Waals surface area contributed by atoms with Crippen LogP contribution in [0.4, 0.5) is 10.1 Å². The molecule has 1 aliphatic rings. The van der Waals surface area contributed by atoms with Gasteiger partial charge in [0.2, 0.25) is 0 Å². The molecular weight excluding hydrogens is 277 g/mol. The Balaban J connectivity index is 1.78. The van der Waals surface area contributed by atoms with E-state index in [0.29, 0.717) is 10.6 Å². The third-order valence-corrected chi connectivity index (χ3v) is 3.79. The Hall–Kier alpha value is -1.87. The number of halogens is 2. The smallest absolute Gasteiger partial charge is 0.182 e. The summed E-state index contributed by atoms with van der Waals surface area (Å²) in [7, 11) is 0. The van der Waals surface area contributed by atoms with Crippen molar-refractivity contribution in [3.63, 3.8) is 0 Å². The van der Waals surface area contributed by atoms with E-state index in [4.69, 9.17) is 11.6 Å². The minimum absolute atomic E-state index is 0.0128. The molecule has 0 aromatic heterocycles. The van der Waals surface area contributed by atoms with Crippen LogP contribution in [0.5, 0.6) is 0 Å². The van der Waals surface area contributed by atoms with Gasteiger partial charge in [-0.3, -0.25) is 4.79 Å². The van der Waals surface area contributed by atoms with Gasteiger partial charge in [0.15, 0.2) is 5.78 Å². The molecule has 1 aliphatic heterocycles. The monoisotopic (exact) mass is 289 g/mol. The van der Waals surface area contributed by atoms with Crippen molar-refractivity contribution < 1.29 is 9.18 Å². The van der Waals surface area contributed by atoms with Crippen LogP contribution in [-0.4, -0.2) is 18.9 Å². The fraction of sp³-hybridized carbons (Fsp3) is 0.188. The molecule has 20 heavy (non-hydrogen) atoms. The largest absolute Gasteiger partial charge is 0.363 e. The van der Waals surface area contributed by atoms with Gasteiger partial charge in [0, 0.05) is 22.8 Å². The number of hydrogen-bond acceptors (Lipinski definition) is 2. The number of fused-ring (bicyclic) bond motifs is 1. The van der Waals surface area contributed by atoms with Gasteiger partial charge in [-0.2, -0.15) is 0 Å². The van der Waals surface area contributed by atoms with E-state index in [-0.39, 0.29) is 18.1 Å². The zero-order chi connectivity index (χ0) is 14.1. The summed E-state index contributed by atoms with van der Waals surface area (Å²) in [6.07, 6.45) is 0.851. The van der Waals surface area contributed by atoms with Crippen molar-refractivity contribution in [2.24, 2.45) is 0 Å². The van der Waals surface area contributed by atoms with Crippen LogP contribution in [0.2, 0.25) is 5.02 Å². The second-order valence-corrected chi connectivity index (χ2v) is 5.31. The van der Waals surface area contributed by atoms with E-state index in [1.54, 1.807) is 30.3 Å². The molecule has 0 N–H and O–H groups in total. The molecule has 0 saturated heterocycles. The van der Waals surface area contributed by atoms with E-state index >= 15 is 0 Å². The lowest BCUT2D eigenvalue weighted by Crippen LogP contribution is -2.28. The Bertz CT molecular complexity index is 654. The van der Waals surface area contributed by atoms with Crippen molar-refractivity contribution in [2.45, 2.75) is 6.42 Å². The summed E-state index contributed by atoms with van der Waals surface area (Å²) in [5, 5.41) is 0.607. The van der Waals surface area contributed by atoms with Crippen molar-refractivity contribution in [1.82, 2.24) is 0 Å². The Morgan fingerprint density at radius 1 is 1.20 bits per heavy atom. The van der Waals surface area contributed by atoms with Gasteiger partial charge in [0.1, 0.15) is 5.82 Å². The van der Waals surface area contributed by atoms with Gasteiger partial charge in [-0.25, -0.2) is 4.39 Å². The third kappa shape index (κ3) is 2.54. The first-order chi connectivity index (χ1) is 9.63. The molecule has 0 amide bonds. The van der Waals surface area contributed by atoms with Crippen molar-refractivity contribution in [2.75, 3.05) is 18.0 Å². The zero-order valence-electron chi connectivity index (χ0n) is 10.8. The topological polar surface area (TPSA) is 20.3 Å². The summed E-state index contributed by atoms with van der Waals surface area (Å²) in [4.78, 5) is 14.2. The predicted octanol–water partition coefficient (Wildman–Crippen LogP) is 3.72. The Morgan fingerprint density at radius 2 is 1.95 bits per heavy atom. The van der Waals surface area contributed by atoms with Crippen molar-refractivity contribution in [1.29, 1.82) is 0 Å². The van der Waals surface area contributed by atoms with Crippen LogP contribution < -0.4 is 4.90 Å². The normalized spacial score (nSPS) is 13.4. The highest BCUT2D eigenvalue weighted by Crippen LogP contribution is 2.28. The number of anilines is 1. The molecule has 2 aromatic rings. The zero-order valence-corrected chi connectivity index (χ0v) is 11.5. The molecule has 0 saturated carbocycles. The first kappa shape index (κ1) is 13.1. The number of nitrogens with zero attached hydrogens (tertiary/aromatic N) is 1. The Kier molecular flexibility index (Phi) is 3.45. The summed E-state index contributed by atoms with van der Waals surface area (Å²) < 4.78 is 13.3. The maximum absolute atomic E-state index is 13.3. The SMILES string of the molecule is O=C(CN1CCc2ccc(F)cc21)c1ccc(Cl)cc1. The molecule has 0 spiro atoms. The second kappa shape index (κ2) is 5.25. The van der Waals surface area contributed by atoms with Crippen molar-refractivity contribution >= 4 is 23.1 Å². The second-order valence-electron chi connectivity index (χ2n) is 4.87. The van der Waals surface area contributed by atoms with E-state index in [2.05, 4.69) is 0 Å². The predicted molar refractivity (Wildman–Crippen MR) is 78.1 cm³/mol. The lowest BCUT2D eigenvalue weighted by atomic mass is 10.1. The molecule has 0 aliphatic carbocycles. The van der Waals surface area contributed by atoms with Gasteiger partial charge in [-0.15, -0.1) is 0 Å². The van der Waals surface area contributed by atoms with Gasteiger partial charge in [0.25, 0.3) is 0 Å². The fourth-order valence-electron chi connectivity index (χ4n) is 2.48. The standard InChI is InChI=1S/C16H13ClFNO/c17-13-4-1-12(2-5-13)16(20)10-19-8-7-11-3-6-14(18)9-15(11)19/h1-6,9H,7-8,10H2. The van der Waals surface area contributed by atoms with E-state index < -0.39 is 0 Å². The molecule has 2 nitrogen and oxygen atoms in total. The van der Waals surface area contributed by atoms with Crippen LogP contribution in [0.15, 0.2) is 42.5 Å². The van der Waals surface area contributed by atoms with Crippen LogP contribution >= 0.6 is 11.6 Å². The molecule has 102 valence electrons.